The van der Waals surface area contributed by atoms with Gasteiger partial charge in [0.2, 0.25) is 23.6 Å². The van der Waals surface area contributed by atoms with Gasteiger partial charge in [0.25, 0.3) is 0 Å². The van der Waals surface area contributed by atoms with Crippen LogP contribution in [0.1, 0.15) is 59.8 Å². The molecule has 3 aliphatic rings. The van der Waals surface area contributed by atoms with Crippen LogP contribution in [0, 0.1) is 40.4 Å². The average Bonchev–Trinajstić information content (AvgIpc) is 3.10. The molecule has 12 heteroatoms. The van der Waals surface area contributed by atoms with Gasteiger partial charge >= 0.3 is 6.18 Å². The van der Waals surface area contributed by atoms with E-state index in [0.717, 1.165) is 39.7 Å². The predicted octanol–water partition coefficient (Wildman–Crippen LogP) is 1.86. The van der Waals surface area contributed by atoms with E-state index in [2.05, 4.69) is 16.7 Å². The van der Waals surface area contributed by atoms with Crippen LogP contribution in [0.15, 0.2) is 0 Å². The summed E-state index contributed by atoms with van der Waals surface area (Å²) >= 11 is 0. The number of halogens is 3. The fourth-order valence-electron chi connectivity index (χ4n) is 5.34. The molecule has 202 valence electrons. The van der Waals surface area contributed by atoms with Gasteiger partial charge in [-0.2, -0.15) is 18.4 Å². The Morgan fingerprint density at radius 1 is 1.33 bits per heavy atom. The van der Waals surface area contributed by atoms with Gasteiger partial charge in [0.05, 0.1) is 12.0 Å². The van der Waals surface area contributed by atoms with E-state index in [1.54, 1.807) is 0 Å². The number of nitriles is 1. The number of nitrogens with zero attached hydrogens (tertiary/aromatic N) is 2. The Kier molecular flexibility index (Phi) is 9.37. The number of likely N-dealkylation sites (tertiary alicyclic amines) is 1. The number of alkyl halides is 3. The third-order valence-electron chi connectivity index (χ3n) is 7.61. The van der Waals surface area contributed by atoms with Gasteiger partial charge in [0.15, 0.2) is 0 Å². The molecular weight excluding hydrogens is 479 g/mol. The standard InChI is InChI=1S/C16H24F3N3O3.C8H12N2O/c1-7(16(17,18)19)5-10(21-8(2)23)14(25)22-6-9-11(15(9,3)4)12(22)13(20)24;9-5-1-3-7-4-2-6-10-8(7)11/h7,9-12H,5-6H2,1-4H3,(H2,20,24)(H,21,23);7H,1-4,6H2,(H,10,11)/t7?,9?,10?,11?,12-;7-/m01/s1. The predicted molar refractivity (Wildman–Crippen MR) is 123 cm³/mol. The van der Waals surface area contributed by atoms with Crippen molar-refractivity contribution in [2.45, 2.75) is 78.1 Å². The molecular formula is C24H36F3N5O4. The molecule has 0 radical (unpaired) electrons. The molecule has 1 saturated carbocycles. The molecule has 4 amide bonds. The molecule has 3 rings (SSSR count). The summed E-state index contributed by atoms with van der Waals surface area (Å²) < 4.78 is 38.6. The Hall–Kier alpha value is -2.84. The van der Waals surface area contributed by atoms with Crippen LogP contribution in [-0.4, -0.2) is 59.9 Å². The van der Waals surface area contributed by atoms with E-state index in [0.29, 0.717) is 6.42 Å². The molecule has 0 aromatic carbocycles. The highest BCUT2D eigenvalue weighted by atomic mass is 19.4. The lowest BCUT2D eigenvalue weighted by molar-refractivity contribution is -0.174. The van der Waals surface area contributed by atoms with Crippen LogP contribution in [0.2, 0.25) is 0 Å². The summed E-state index contributed by atoms with van der Waals surface area (Å²) in [6, 6.07) is -0.124. The Bertz CT molecular complexity index is 901. The average molecular weight is 516 g/mol. The van der Waals surface area contributed by atoms with Crippen LogP contribution in [0.25, 0.3) is 0 Å². The van der Waals surface area contributed by atoms with Crippen LogP contribution in [0.5, 0.6) is 0 Å². The number of fused-ring (bicyclic) bond motifs is 1. The number of carbonyl (C=O) groups is 4. The Morgan fingerprint density at radius 2 is 1.97 bits per heavy atom. The zero-order valence-corrected chi connectivity index (χ0v) is 21.2. The van der Waals surface area contributed by atoms with Crippen LogP contribution >= 0.6 is 0 Å². The summed E-state index contributed by atoms with van der Waals surface area (Å²) in [6.07, 6.45) is -1.83. The second-order valence-corrected chi connectivity index (χ2v) is 10.5. The van der Waals surface area contributed by atoms with Crippen LogP contribution in [0.3, 0.4) is 0 Å². The van der Waals surface area contributed by atoms with Crippen molar-refractivity contribution in [1.82, 2.24) is 15.5 Å². The molecule has 4 unspecified atom stereocenters. The summed E-state index contributed by atoms with van der Waals surface area (Å²) in [5, 5.41) is 13.4. The monoisotopic (exact) mass is 515 g/mol. The molecule has 1 aliphatic carbocycles. The van der Waals surface area contributed by atoms with Crippen molar-refractivity contribution in [2.24, 2.45) is 34.8 Å². The van der Waals surface area contributed by atoms with E-state index < -0.39 is 48.3 Å². The normalized spacial score (nSPS) is 27.8. The van der Waals surface area contributed by atoms with Gasteiger partial charge in [-0.05, 0) is 42.9 Å². The fraction of sp³-hybridized carbons (Fsp3) is 0.792. The van der Waals surface area contributed by atoms with Gasteiger partial charge in [-0.15, -0.1) is 0 Å². The summed E-state index contributed by atoms with van der Waals surface area (Å²) in [5.41, 5.74) is 5.31. The molecule has 2 saturated heterocycles. The number of nitrogens with two attached hydrogens (primary N) is 1. The van der Waals surface area contributed by atoms with Gasteiger partial charge in [-0.3, -0.25) is 19.2 Å². The van der Waals surface area contributed by atoms with Crippen molar-refractivity contribution >= 4 is 23.6 Å². The minimum Gasteiger partial charge on any atom is -0.368 e. The zero-order valence-electron chi connectivity index (χ0n) is 21.2. The minimum absolute atomic E-state index is 0.0898. The molecule has 3 fully saturated rings. The number of primary amides is 1. The Balaban J connectivity index is 0.000000346. The molecule has 0 bridgehead atoms. The summed E-state index contributed by atoms with van der Waals surface area (Å²) in [6.45, 7) is 7.10. The maximum atomic E-state index is 12.9. The van der Waals surface area contributed by atoms with Crippen molar-refractivity contribution in [1.29, 1.82) is 5.26 Å². The van der Waals surface area contributed by atoms with Gasteiger partial charge in [0.1, 0.15) is 12.1 Å². The minimum atomic E-state index is -4.48. The van der Waals surface area contributed by atoms with Gasteiger partial charge in [0, 0.05) is 32.4 Å². The van der Waals surface area contributed by atoms with E-state index in [1.165, 1.54) is 4.90 Å². The second kappa shape index (κ2) is 11.5. The highest BCUT2D eigenvalue weighted by Gasteiger charge is 2.69. The third kappa shape index (κ3) is 6.89. The number of piperidine rings is 2. The van der Waals surface area contributed by atoms with Gasteiger partial charge in [-0.25, -0.2) is 0 Å². The molecule has 2 aliphatic heterocycles. The molecule has 0 spiro atoms. The number of carbonyl (C=O) groups excluding carboxylic acids is 4. The maximum Gasteiger partial charge on any atom is 0.391 e. The Morgan fingerprint density at radius 3 is 2.47 bits per heavy atom. The number of amides is 4. The molecule has 6 atom stereocenters. The van der Waals surface area contributed by atoms with E-state index in [9.17, 15) is 32.3 Å². The highest BCUT2D eigenvalue weighted by Crippen LogP contribution is 2.64. The zero-order chi connectivity index (χ0) is 27.4. The fourth-order valence-corrected chi connectivity index (χ4v) is 5.34. The van der Waals surface area contributed by atoms with Crippen molar-refractivity contribution in [3.63, 3.8) is 0 Å². The highest BCUT2D eigenvalue weighted by molar-refractivity contribution is 5.92. The summed E-state index contributed by atoms with van der Waals surface area (Å²) in [5.74, 6) is -3.49. The van der Waals surface area contributed by atoms with Crippen molar-refractivity contribution in [3.8, 4) is 6.07 Å². The molecule has 0 aromatic rings. The van der Waals surface area contributed by atoms with Crippen molar-refractivity contribution < 1.29 is 32.3 Å². The third-order valence-corrected chi connectivity index (χ3v) is 7.61. The van der Waals surface area contributed by atoms with Crippen LogP contribution < -0.4 is 16.4 Å². The number of nitrogens with one attached hydrogen (secondary N) is 2. The lowest BCUT2D eigenvalue weighted by atomic mass is 9.94. The van der Waals surface area contributed by atoms with Crippen LogP contribution in [-0.2, 0) is 19.2 Å². The smallest absolute Gasteiger partial charge is 0.368 e. The second-order valence-electron chi connectivity index (χ2n) is 10.5. The first-order chi connectivity index (χ1) is 16.6. The van der Waals surface area contributed by atoms with E-state index >= 15 is 0 Å². The van der Waals surface area contributed by atoms with Crippen molar-refractivity contribution in [2.75, 3.05) is 13.1 Å². The lowest BCUT2D eigenvalue weighted by Gasteiger charge is -2.33. The first-order valence-corrected chi connectivity index (χ1v) is 12.2. The largest absolute Gasteiger partial charge is 0.391 e. The number of hydrogen-bond donors (Lipinski definition) is 3. The molecule has 36 heavy (non-hydrogen) atoms. The quantitative estimate of drug-likeness (QED) is 0.474. The lowest BCUT2D eigenvalue weighted by Crippen LogP contribution is -2.55. The number of rotatable bonds is 7. The summed E-state index contributed by atoms with van der Waals surface area (Å²) in [4.78, 5) is 48.3. The van der Waals surface area contributed by atoms with E-state index in [4.69, 9.17) is 11.0 Å². The first-order valence-electron chi connectivity index (χ1n) is 12.2. The molecule has 0 aromatic heterocycles. The SMILES string of the molecule is CC(=O)NC(CC(C)C(F)(F)F)C(=O)N1CC2C([C@H]1C(N)=O)C2(C)C.N#CCC[C@@H]1CCCNC1=O. The van der Waals surface area contributed by atoms with Crippen LogP contribution in [0.4, 0.5) is 13.2 Å². The van der Waals surface area contributed by atoms with Gasteiger partial charge in [-0.1, -0.05) is 20.8 Å². The van der Waals surface area contributed by atoms with Gasteiger partial charge < -0.3 is 21.3 Å². The van der Waals surface area contributed by atoms with E-state index in [-0.39, 0.29) is 35.6 Å². The maximum absolute atomic E-state index is 12.9. The molecule has 2 heterocycles. The van der Waals surface area contributed by atoms with E-state index in [1.807, 2.05) is 13.8 Å². The Labute approximate surface area is 209 Å². The molecule has 4 N–H and O–H groups in total. The van der Waals surface area contributed by atoms with Crippen molar-refractivity contribution in [3.05, 3.63) is 0 Å². The number of hydrogen-bond acceptors (Lipinski definition) is 5. The first kappa shape index (κ1) is 29.4. The topological polar surface area (TPSA) is 145 Å². The summed E-state index contributed by atoms with van der Waals surface area (Å²) in [7, 11) is 0. The molecule has 9 nitrogen and oxygen atoms in total.